The normalized spacial score (nSPS) is 27.5. The van der Waals surface area contributed by atoms with Crippen molar-refractivity contribution in [2.75, 3.05) is 26.2 Å². The molecule has 2 fully saturated rings. The highest BCUT2D eigenvalue weighted by Crippen LogP contribution is 2.35. The number of carbonyl (C=O) groups is 1. The summed E-state index contributed by atoms with van der Waals surface area (Å²) < 4.78 is 0. The molecule has 26 heavy (non-hydrogen) atoms. The predicted octanol–water partition coefficient (Wildman–Crippen LogP) is 4.48. The Hall–Kier alpha value is -1.06. The highest BCUT2D eigenvalue weighted by molar-refractivity contribution is 5.85. The first-order valence-electron chi connectivity index (χ1n) is 10.2. The van der Waals surface area contributed by atoms with Crippen molar-refractivity contribution in [2.45, 2.75) is 51.9 Å². The number of nitrogens with zero attached hydrogens (tertiary/aromatic N) is 1. The summed E-state index contributed by atoms with van der Waals surface area (Å²) in [6, 6.07) is 10.9. The molecular formula is C22H35ClN2O. The van der Waals surface area contributed by atoms with Gasteiger partial charge in [-0.05, 0) is 61.6 Å². The van der Waals surface area contributed by atoms with Crippen molar-refractivity contribution >= 4 is 18.3 Å². The molecule has 0 spiro atoms. The maximum absolute atomic E-state index is 12.9. The van der Waals surface area contributed by atoms with Gasteiger partial charge in [-0.25, -0.2) is 0 Å². The van der Waals surface area contributed by atoms with E-state index in [0.29, 0.717) is 29.6 Å². The molecule has 0 aromatic heterocycles. The van der Waals surface area contributed by atoms with Gasteiger partial charge in [-0.3, -0.25) is 4.79 Å². The fourth-order valence-corrected chi connectivity index (χ4v) is 4.75. The quantitative estimate of drug-likeness (QED) is 0.819. The topological polar surface area (TPSA) is 32.3 Å². The molecule has 3 rings (SSSR count). The Morgan fingerprint density at radius 3 is 2.69 bits per heavy atom. The number of hydrogen-bond acceptors (Lipinski definition) is 2. The smallest absolute Gasteiger partial charge is 0.222 e. The summed E-state index contributed by atoms with van der Waals surface area (Å²) in [6.07, 6.45) is 5.50. The fraction of sp³-hybridized carbons (Fsp3) is 0.682. The van der Waals surface area contributed by atoms with Gasteiger partial charge in [0.2, 0.25) is 5.91 Å². The summed E-state index contributed by atoms with van der Waals surface area (Å²) in [7, 11) is 0. The number of piperidine rings is 2. The molecule has 3 nitrogen and oxygen atoms in total. The third-order valence-electron chi connectivity index (χ3n) is 6.48. The number of halogens is 1. The van der Waals surface area contributed by atoms with Gasteiger partial charge in [-0.15, -0.1) is 12.4 Å². The summed E-state index contributed by atoms with van der Waals surface area (Å²) >= 11 is 0. The minimum absolute atomic E-state index is 0. The molecule has 0 saturated carbocycles. The average Bonchev–Trinajstić information content (AvgIpc) is 2.68. The van der Waals surface area contributed by atoms with E-state index in [0.717, 1.165) is 45.4 Å². The van der Waals surface area contributed by atoms with E-state index in [2.05, 4.69) is 54.4 Å². The van der Waals surface area contributed by atoms with Crippen LogP contribution < -0.4 is 5.32 Å². The molecule has 0 radical (unpaired) electrons. The molecule has 1 N–H and O–H groups in total. The standard InChI is InChI=1S/C22H34N2O.ClH/c1-3-18-16-24(13-11-21(18)19-8-5-4-6-9-19)22(25)14-17(2)20-10-7-12-23-15-20;/h4-6,8-9,17-18,20-21,23H,3,7,10-16H2,1-2H3;1H. The summed E-state index contributed by atoms with van der Waals surface area (Å²) in [4.78, 5) is 15.0. The van der Waals surface area contributed by atoms with Crippen molar-refractivity contribution in [1.29, 1.82) is 0 Å². The van der Waals surface area contributed by atoms with Gasteiger partial charge in [-0.1, -0.05) is 50.6 Å². The van der Waals surface area contributed by atoms with Gasteiger partial charge in [0.15, 0.2) is 0 Å². The van der Waals surface area contributed by atoms with Crippen LogP contribution >= 0.6 is 12.4 Å². The lowest BCUT2D eigenvalue weighted by Gasteiger charge is -2.39. The maximum atomic E-state index is 12.9. The molecule has 4 heteroatoms. The Kier molecular flexibility index (Phi) is 8.43. The van der Waals surface area contributed by atoms with Crippen molar-refractivity contribution in [3.8, 4) is 0 Å². The minimum atomic E-state index is 0. The predicted molar refractivity (Wildman–Crippen MR) is 111 cm³/mol. The molecule has 0 aliphatic carbocycles. The van der Waals surface area contributed by atoms with Crippen molar-refractivity contribution in [2.24, 2.45) is 17.8 Å². The highest BCUT2D eigenvalue weighted by atomic mass is 35.5. The monoisotopic (exact) mass is 378 g/mol. The molecule has 1 aromatic rings. The zero-order valence-corrected chi connectivity index (χ0v) is 17.1. The molecular weight excluding hydrogens is 344 g/mol. The lowest BCUT2D eigenvalue weighted by Crippen LogP contribution is -2.44. The maximum Gasteiger partial charge on any atom is 0.222 e. The highest BCUT2D eigenvalue weighted by Gasteiger charge is 2.32. The molecule has 4 atom stereocenters. The van der Waals surface area contributed by atoms with Gasteiger partial charge in [0, 0.05) is 19.5 Å². The Morgan fingerprint density at radius 2 is 2.04 bits per heavy atom. The molecule has 1 amide bonds. The van der Waals surface area contributed by atoms with Crippen LogP contribution in [0.2, 0.25) is 0 Å². The molecule has 0 bridgehead atoms. The van der Waals surface area contributed by atoms with E-state index in [4.69, 9.17) is 0 Å². The van der Waals surface area contributed by atoms with Crippen molar-refractivity contribution in [3.05, 3.63) is 35.9 Å². The number of carbonyl (C=O) groups excluding carboxylic acids is 1. The first kappa shape index (κ1) is 21.2. The van der Waals surface area contributed by atoms with Crippen LogP contribution in [0.1, 0.15) is 57.4 Å². The van der Waals surface area contributed by atoms with Gasteiger partial charge in [-0.2, -0.15) is 0 Å². The fourth-order valence-electron chi connectivity index (χ4n) is 4.75. The Labute approximate surface area is 165 Å². The van der Waals surface area contributed by atoms with Crippen LogP contribution in [0, 0.1) is 17.8 Å². The third kappa shape index (κ3) is 5.23. The lowest BCUT2D eigenvalue weighted by molar-refractivity contribution is -0.134. The van der Waals surface area contributed by atoms with E-state index < -0.39 is 0 Å². The second-order valence-corrected chi connectivity index (χ2v) is 8.10. The number of amides is 1. The van der Waals surface area contributed by atoms with Crippen molar-refractivity contribution in [3.63, 3.8) is 0 Å². The Balaban J connectivity index is 0.00000243. The van der Waals surface area contributed by atoms with Crippen molar-refractivity contribution in [1.82, 2.24) is 10.2 Å². The molecule has 146 valence electrons. The molecule has 2 aliphatic rings. The van der Waals surface area contributed by atoms with E-state index >= 15 is 0 Å². The summed E-state index contributed by atoms with van der Waals surface area (Å²) in [5.41, 5.74) is 1.45. The second kappa shape index (κ2) is 10.3. The summed E-state index contributed by atoms with van der Waals surface area (Å²) in [5, 5.41) is 3.48. The minimum Gasteiger partial charge on any atom is -0.342 e. The van der Waals surface area contributed by atoms with Gasteiger partial charge in [0.1, 0.15) is 0 Å². The van der Waals surface area contributed by atoms with Gasteiger partial charge >= 0.3 is 0 Å². The largest absolute Gasteiger partial charge is 0.342 e. The number of rotatable bonds is 5. The molecule has 2 aliphatic heterocycles. The SMILES string of the molecule is CCC1CN(C(=O)CC(C)C2CCCNC2)CCC1c1ccccc1.Cl. The third-order valence-corrected chi connectivity index (χ3v) is 6.48. The first-order valence-corrected chi connectivity index (χ1v) is 10.2. The van der Waals surface area contributed by atoms with Crippen LogP contribution in [0.3, 0.4) is 0 Å². The number of likely N-dealkylation sites (tertiary alicyclic amines) is 1. The lowest BCUT2D eigenvalue weighted by atomic mass is 9.78. The first-order chi connectivity index (χ1) is 12.2. The van der Waals surface area contributed by atoms with E-state index in [-0.39, 0.29) is 12.4 Å². The molecule has 2 heterocycles. The van der Waals surface area contributed by atoms with Crippen LogP contribution in [0.25, 0.3) is 0 Å². The number of benzene rings is 1. The Bertz CT molecular complexity index is 544. The average molecular weight is 379 g/mol. The zero-order valence-electron chi connectivity index (χ0n) is 16.3. The Morgan fingerprint density at radius 1 is 1.27 bits per heavy atom. The van der Waals surface area contributed by atoms with Crippen LogP contribution in [-0.4, -0.2) is 37.0 Å². The van der Waals surface area contributed by atoms with Gasteiger partial charge < -0.3 is 10.2 Å². The van der Waals surface area contributed by atoms with E-state index in [1.165, 1.54) is 18.4 Å². The zero-order chi connectivity index (χ0) is 17.6. The van der Waals surface area contributed by atoms with Crippen molar-refractivity contribution < 1.29 is 4.79 Å². The van der Waals surface area contributed by atoms with E-state index in [9.17, 15) is 4.79 Å². The molecule has 4 unspecified atom stereocenters. The summed E-state index contributed by atoms with van der Waals surface area (Å²) in [5.74, 6) is 2.73. The van der Waals surface area contributed by atoms with E-state index in [1.807, 2.05) is 0 Å². The van der Waals surface area contributed by atoms with Crippen LogP contribution in [-0.2, 0) is 4.79 Å². The van der Waals surface area contributed by atoms with Crippen LogP contribution in [0.15, 0.2) is 30.3 Å². The van der Waals surface area contributed by atoms with Crippen LogP contribution in [0.5, 0.6) is 0 Å². The molecule has 1 aromatic carbocycles. The number of nitrogens with one attached hydrogen (secondary N) is 1. The van der Waals surface area contributed by atoms with E-state index in [1.54, 1.807) is 0 Å². The summed E-state index contributed by atoms with van der Waals surface area (Å²) in [6.45, 7) is 8.62. The van der Waals surface area contributed by atoms with Gasteiger partial charge in [0.25, 0.3) is 0 Å². The number of hydrogen-bond donors (Lipinski definition) is 1. The van der Waals surface area contributed by atoms with Gasteiger partial charge in [0.05, 0.1) is 0 Å². The van der Waals surface area contributed by atoms with Crippen LogP contribution in [0.4, 0.5) is 0 Å². The second-order valence-electron chi connectivity index (χ2n) is 8.10. The molecule has 2 saturated heterocycles.